The molecule has 0 aliphatic heterocycles. The van der Waals surface area contributed by atoms with Crippen molar-refractivity contribution >= 4 is 23.5 Å². The SMILES string of the molecule is C/C=C(\NC(=O)c1cccc(Cl)c1)C(C)C1(C(=O)OC)CC(O)C1. The molecule has 1 saturated carbocycles. The normalized spacial score (nSPS) is 24.7. The van der Waals surface area contributed by atoms with Crippen molar-refractivity contribution in [2.45, 2.75) is 32.8 Å². The number of nitrogens with one attached hydrogen (secondary N) is 1. The molecule has 1 aromatic rings. The summed E-state index contributed by atoms with van der Waals surface area (Å²) in [6.45, 7) is 3.65. The number of allylic oxidation sites excluding steroid dienone is 2. The number of aliphatic hydroxyl groups is 1. The smallest absolute Gasteiger partial charge is 0.312 e. The Labute approximate surface area is 146 Å². The lowest BCUT2D eigenvalue weighted by Crippen LogP contribution is -2.53. The fourth-order valence-corrected chi connectivity index (χ4v) is 3.43. The summed E-state index contributed by atoms with van der Waals surface area (Å²) in [5.74, 6) is -0.949. The van der Waals surface area contributed by atoms with E-state index in [1.165, 1.54) is 7.11 Å². The molecule has 2 N–H and O–H groups in total. The van der Waals surface area contributed by atoms with E-state index in [1.54, 1.807) is 37.3 Å². The zero-order chi connectivity index (χ0) is 17.9. The molecule has 1 atom stereocenters. The molecule has 1 amide bonds. The number of aliphatic hydroxyl groups excluding tert-OH is 1. The molecule has 130 valence electrons. The van der Waals surface area contributed by atoms with Gasteiger partial charge in [0.25, 0.3) is 5.91 Å². The summed E-state index contributed by atoms with van der Waals surface area (Å²) in [5.41, 5.74) is 0.254. The van der Waals surface area contributed by atoms with Crippen LogP contribution in [0, 0.1) is 11.3 Å². The molecule has 0 radical (unpaired) electrons. The van der Waals surface area contributed by atoms with Gasteiger partial charge < -0.3 is 15.2 Å². The fourth-order valence-electron chi connectivity index (χ4n) is 3.24. The van der Waals surface area contributed by atoms with Gasteiger partial charge in [0, 0.05) is 22.2 Å². The van der Waals surface area contributed by atoms with Crippen LogP contribution in [0.4, 0.5) is 0 Å². The summed E-state index contributed by atoms with van der Waals surface area (Å²) in [5, 5.41) is 13.0. The Kier molecular flexibility index (Phi) is 5.67. The van der Waals surface area contributed by atoms with Crippen molar-refractivity contribution in [1.82, 2.24) is 5.32 Å². The van der Waals surface area contributed by atoms with E-state index in [9.17, 15) is 14.7 Å². The van der Waals surface area contributed by atoms with Crippen LogP contribution in [-0.4, -0.2) is 30.2 Å². The maximum atomic E-state index is 12.4. The van der Waals surface area contributed by atoms with E-state index in [2.05, 4.69) is 5.32 Å². The number of methoxy groups -OCH3 is 1. The van der Waals surface area contributed by atoms with E-state index >= 15 is 0 Å². The Hall–Kier alpha value is -1.85. The molecule has 5 nitrogen and oxygen atoms in total. The Balaban J connectivity index is 2.19. The van der Waals surface area contributed by atoms with E-state index in [0.29, 0.717) is 29.1 Å². The van der Waals surface area contributed by atoms with Crippen LogP contribution in [0.25, 0.3) is 0 Å². The fraction of sp³-hybridized carbons (Fsp3) is 0.444. The first kappa shape index (κ1) is 18.5. The number of halogens is 1. The topological polar surface area (TPSA) is 75.6 Å². The van der Waals surface area contributed by atoms with E-state index in [4.69, 9.17) is 16.3 Å². The maximum Gasteiger partial charge on any atom is 0.312 e. The second kappa shape index (κ2) is 7.36. The summed E-state index contributed by atoms with van der Waals surface area (Å²) >= 11 is 5.92. The molecule has 0 aromatic heterocycles. The summed E-state index contributed by atoms with van der Waals surface area (Å²) in [6.07, 6.45) is 1.90. The van der Waals surface area contributed by atoms with Crippen molar-refractivity contribution in [3.05, 3.63) is 46.6 Å². The number of esters is 1. The predicted molar refractivity (Wildman–Crippen MR) is 91.5 cm³/mol. The van der Waals surface area contributed by atoms with Gasteiger partial charge in [0.1, 0.15) is 0 Å². The van der Waals surface area contributed by atoms with E-state index in [1.807, 2.05) is 6.92 Å². The van der Waals surface area contributed by atoms with Crippen LogP contribution in [0.2, 0.25) is 5.02 Å². The zero-order valence-electron chi connectivity index (χ0n) is 14.0. The molecule has 1 aliphatic rings. The average Bonchev–Trinajstić information content (AvgIpc) is 2.55. The molecule has 24 heavy (non-hydrogen) atoms. The molecule has 1 fully saturated rings. The predicted octanol–water partition coefficient (Wildman–Crippen LogP) is 2.92. The highest BCUT2D eigenvalue weighted by Gasteiger charge is 2.55. The Morgan fingerprint density at radius 2 is 2.12 bits per heavy atom. The van der Waals surface area contributed by atoms with Gasteiger partial charge in [-0.2, -0.15) is 0 Å². The van der Waals surface area contributed by atoms with Crippen molar-refractivity contribution in [1.29, 1.82) is 0 Å². The van der Waals surface area contributed by atoms with Gasteiger partial charge in [-0.1, -0.05) is 30.7 Å². The van der Waals surface area contributed by atoms with Crippen LogP contribution in [0.5, 0.6) is 0 Å². The van der Waals surface area contributed by atoms with Gasteiger partial charge in [-0.15, -0.1) is 0 Å². The Bertz CT molecular complexity index is 665. The highest BCUT2D eigenvalue weighted by atomic mass is 35.5. The van der Waals surface area contributed by atoms with Crippen LogP contribution >= 0.6 is 11.6 Å². The minimum Gasteiger partial charge on any atom is -0.469 e. The van der Waals surface area contributed by atoms with Crippen LogP contribution in [0.1, 0.15) is 37.0 Å². The molecule has 0 spiro atoms. The number of carbonyl (C=O) groups is 2. The summed E-state index contributed by atoms with van der Waals surface area (Å²) in [6, 6.07) is 6.65. The minimum atomic E-state index is -0.808. The van der Waals surface area contributed by atoms with E-state index in [-0.39, 0.29) is 17.8 Å². The largest absolute Gasteiger partial charge is 0.469 e. The molecule has 2 rings (SSSR count). The van der Waals surface area contributed by atoms with Crippen molar-refractivity contribution in [3.63, 3.8) is 0 Å². The van der Waals surface area contributed by atoms with Gasteiger partial charge in [0.05, 0.1) is 18.6 Å². The van der Waals surface area contributed by atoms with Crippen LogP contribution in [-0.2, 0) is 9.53 Å². The Morgan fingerprint density at radius 3 is 2.62 bits per heavy atom. The quantitative estimate of drug-likeness (QED) is 0.800. The zero-order valence-corrected chi connectivity index (χ0v) is 14.8. The van der Waals surface area contributed by atoms with Gasteiger partial charge in [-0.3, -0.25) is 9.59 Å². The highest BCUT2D eigenvalue weighted by Crippen LogP contribution is 2.50. The van der Waals surface area contributed by atoms with E-state index < -0.39 is 11.5 Å². The first-order valence-corrected chi connectivity index (χ1v) is 8.21. The van der Waals surface area contributed by atoms with Crippen molar-refractivity contribution in [2.24, 2.45) is 11.3 Å². The first-order valence-electron chi connectivity index (χ1n) is 7.83. The third-order valence-corrected chi connectivity index (χ3v) is 4.98. The molecule has 1 unspecified atom stereocenters. The van der Waals surface area contributed by atoms with Gasteiger partial charge in [0.2, 0.25) is 0 Å². The molecule has 0 saturated heterocycles. The minimum absolute atomic E-state index is 0.290. The molecular formula is C18H22ClNO4. The number of carbonyl (C=O) groups excluding carboxylic acids is 2. The molecule has 1 aromatic carbocycles. The molecular weight excluding hydrogens is 330 g/mol. The van der Waals surface area contributed by atoms with Crippen LogP contribution in [0.3, 0.4) is 0 Å². The number of amides is 1. The molecule has 0 heterocycles. The molecule has 6 heteroatoms. The van der Waals surface area contributed by atoms with Crippen LogP contribution in [0.15, 0.2) is 36.0 Å². The highest BCUT2D eigenvalue weighted by molar-refractivity contribution is 6.30. The van der Waals surface area contributed by atoms with Gasteiger partial charge in [-0.05, 0) is 38.0 Å². The number of rotatable bonds is 5. The Morgan fingerprint density at radius 1 is 1.46 bits per heavy atom. The summed E-state index contributed by atoms with van der Waals surface area (Å²) < 4.78 is 4.92. The maximum absolute atomic E-state index is 12.4. The number of hydrogen-bond donors (Lipinski definition) is 2. The van der Waals surface area contributed by atoms with Crippen molar-refractivity contribution in [3.8, 4) is 0 Å². The van der Waals surface area contributed by atoms with Crippen LogP contribution < -0.4 is 5.32 Å². The van der Waals surface area contributed by atoms with Gasteiger partial charge >= 0.3 is 5.97 Å². The summed E-state index contributed by atoms with van der Waals surface area (Å²) in [7, 11) is 1.33. The average molecular weight is 352 g/mol. The lowest BCUT2D eigenvalue weighted by atomic mass is 9.59. The monoisotopic (exact) mass is 351 g/mol. The standard InChI is InChI=1S/C18H22ClNO4/c1-4-15(20-16(22)12-6-5-7-13(19)8-12)11(2)18(17(23)24-3)9-14(21)10-18/h4-8,11,14,21H,9-10H2,1-3H3,(H,20,22)/b15-4-. The van der Waals surface area contributed by atoms with Gasteiger partial charge in [0.15, 0.2) is 0 Å². The lowest BCUT2D eigenvalue weighted by molar-refractivity contribution is -0.172. The number of hydrogen-bond acceptors (Lipinski definition) is 4. The second-order valence-electron chi connectivity index (χ2n) is 6.14. The number of benzene rings is 1. The molecule has 0 bridgehead atoms. The third kappa shape index (κ3) is 3.47. The molecule has 1 aliphatic carbocycles. The summed E-state index contributed by atoms with van der Waals surface area (Å²) in [4.78, 5) is 24.7. The van der Waals surface area contributed by atoms with Crippen molar-refractivity contribution < 1.29 is 19.4 Å². The van der Waals surface area contributed by atoms with Gasteiger partial charge in [-0.25, -0.2) is 0 Å². The second-order valence-corrected chi connectivity index (χ2v) is 6.58. The first-order chi connectivity index (χ1) is 11.3. The van der Waals surface area contributed by atoms with E-state index in [0.717, 1.165) is 0 Å². The lowest BCUT2D eigenvalue weighted by Gasteiger charge is -2.47. The third-order valence-electron chi connectivity index (χ3n) is 4.74. The van der Waals surface area contributed by atoms with Crippen molar-refractivity contribution in [2.75, 3.05) is 7.11 Å². The number of ether oxygens (including phenoxy) is 1.